The smallest absolute Gasteiger partial charge is 0.160 e. The summed E-state index contributed by atoms with van der Waals surface area (Å²) in [5, 5.41) is 3.29. The molecule has 0 saturated heterocycles. The molecule has 1 saturated carbocycles. The van der Waals surface area contributed by atoms with Crippen LogP contribution < -0.4 is 14.8 Å². The Hall–Kier alpha value is -1.22. The Labute approximate surface area is 103 Å². The van der Waals surface area contributed by atoms with Crippen molar-refractivity contribution in [3.63, 3.8) is 0 Å². The van der Waals surface area contributed by atoms with Gasteiger partial charge < -0.3 is 14.8 Å². The van der Waals surface area contributed by atoms with Crippen molar-refractivity contribution in [1.82, 2.24) is 5.32 Å². The summed E-state index contributed by atoms with van der Waals surface area (Å²) >= 11 is 0. The Morgan fingerprint density at radius 1 is 1.18 bits per heavy atom. The zero-order valence-electron chi connectivity index (χ0n) is 10.9. The van der Waals surface area contributed by atoms with E-state index in [1.807, 2.05) is 13.1 Å². The van der Waals surface area contributed by atoms with E-state index in [0.29, 0.717) is 5.41 Å². The summed E-state index contributed by atoms with van der Waals surface area (Å²) in [6.07, 6.45) is 3.76. The molecule has 3 heteroatoms. The van der Waals surface area contributed by atoms with Gasteiger partial charge in [0.25, 0.3) is 0 Å². The fraction of sp³-hybridized carbons (Fsp3) is 0.571. The summed E-state index contributed by atoms with van der Waals surface area (Å²) in [7, 11) is 5.37. The van der Waals surface area contributed by atoms with Gasteiger partial charge in [-0.25, -0.2) is 0 Å². The maximum atomic E-state index is 5.33. The minimum absolute atomic E-state index is 0.481. The Morgan fingerprint density at radius 3 is 2.41 bits per heavy atom. The van der Waals surface area contributed by atoms with Gasteiger partial charge in [0.1, 0.15) is 0 Å². The van der Waals surface area contributed by atoms with E-state index in [2.05, 4.69) is 17.4 Å². The van der Waals surface area contributed by atoms with Crippen molar-refractivity contribution in [2.24, 2.45) is 5.41 Å². The van der Waals surface area contributed by atoms with Crippen molar-refractivity contribution in [3.8, 4) is 11.5 Å². The number of hydrogen-bond acceptors (Lipinski definition) is 3. The number of benzene rings is 1. The third-order valence-electron chi connectivity index (χ3n) is 3.54. The molecule has 0 bridgehead atoms. The highest BCUT2D eigenvalue weighted by Gasteiger charge is 2.41. The Bertz CT molecular complexity index is 386. The van der Waals surface area contributed by atoms with E-state index in [1.54, 1.807) is 14.2 Å². The molecule has 0 heterocycles. The van der Waals surface area contributed by atoms with Crippen molar-refractivity contribution in [1.29, 1.82) is 0 Å². The topological polar surface area (TPSA) is 30.5 Å². The van der Waals surface area contributed by atoms with E-state index in [-0.39, 0.29) is 0 Å². The molecule has 0 aromatic heterocycles. The number of methoxy groups -OCH3 is 2. The first-order chi connectivity index (χ1) is 8.23. The van der Waals surface area contributed by atoms with E-state index in [1.165, 1.54) is 18.4 Å². The van der Waals surface area contributed by atoms with Crippen LogP contribution in [-0.2, 0) is 6.42 Å². The normalized spacial score (nSPS) is 16.6. The van der Waals surface area contributed by atoms with Crippen LogP contribution in [0.1, 0.15) is 18.4 Å². The molecule has 1 aliphatic carbocycles. The highest BCUT2D eigenvalue weighted by atomic mass is 16.5. The molecule has 94 valence electrons. The van der Waals surface area contributed by atoms with Crippen LogP contribution in [0.15, 0.2) is 18.2 Å². The second-order valence-corrected chi connectivity index (χ2v) is 4.90. The first kappa shape index (κ1) is 12.2. The molecule has 0 aliphatic heterocycles. The van der Waals surface area contributed by atoms with Crippen molar-refractivity contribution in [2.75, 3.05) is 27.8 Å². The highest BCUT2D eigenvalue weighted by Crippen LogP contribution is 2.48. The minimum Gasteiger partial charge on any atom is -0.493 e. The molecule has 1 aromatic rings. The third-order valence-corrected chi connectivity index (χ3v) is 3.54. The lowest BCUT2D eigenvalue weighted by Gasteiger charge is -2.16. The predicted octanol–water partition coefficient (Wildman–Crippen LogP) is 2.25. The SMILES string of the molecule is CNCC1(Cc2ccc(OC)c(OC)c2)CC1. The van der Waals surface area contributed by atoms with Gasteiger partial charge in [0.05, 0.1) is 14.2 Å². The van der Waals surface area contributed by atoms with E-state index >= 15 is 0 Å². The van der Waals surface area contributed by atoms with E-state index in [0.717, 1.165) is 24.5 Å². The lowest BCUT2D eigenvalue weighted by atomic mass is 9.96. The number of hydrogen-bond donors (Lipinski definition) is 1. The molecule has 1 fully saturated rings. The van der Waals surface area contributed by atoms with Crippen molar-refractivity contribution < 1.29 is 9.47 Å². The number of nitrogens with one attached hydrogen (secondary N) is 1. The molecule has 3 nitrogen and oxygen atoms in total. The van der Waals surface area contributed by atoms with Gasteiger partial charge in [0, 0.05) is 6.54 Å². The quantitative estimate of drug-likeness (QED) is 0.820. The summed E-state index contributed by atoms with van der Waals surface area (Å²) < 4.78 is 10.6. The highest BCUT2D eigenvalue weighted by molar-refractivity contribution is 5.43. The van der Waals surface area contributed by atoms with Crippen LogP contribution in [-0.4, -0.2) is 27.8 Å². The van der Waals surface area contributed by atoms with Gasteiger partial charge in [-0.05, 0) is 49.4 Å². The molecule has 0 unspecified atom stereocenters. The maximum absolute atomic E-state index is 5.33. The predicted molar refractivity (Wildman–Crippen MR) is 68.8 cm³/mol. The van der Waals surface area contributed by atoms with Gasteiger partial charge in [-0.15, -0.1) is 0 Å². The minimum atomic E-state index is 0.481. The van der Waals surface area contributed by atoms with Gasteiger partial charge in [0.2, 0.25) is 0 Å². The van der Waals surface area contributed by atoms with Gasteiger partial charge in [-0.1, -0.05) is 6.07 Å². The van der Waals surface area contributed by atoms with Crippen LogP contribution >= 0.6 is 0 Å². The summed E-state index contributed by atoms with van der Waals surface area (Å²) in [6.45, 7) is 1.10. The Morgan fingerprint density at radius 2 is 1.88 bits per heavy atom. The average molecular weight is 235 g/mol. The second-order valence-electron chi connectivity index (χ2n) is 4.90. The summed E-state index contributed by atoms with van der Waals surface area (Å²) in [5.74, 6) is 1.62. The molecule has 0 spiro atoms. The molecule has 2 rings (SSSR count). The van der Waals surface area contributed by atoms with Gasteiger partial charge in [0.15, 0.2) is 11.5 Å². The van der Waals surface area contributed by atoms with Gasteiger partial charge >= 0.3 is 0 Å². The zero-order chi connectivity index (χ0) is 12.3. The first-order valence-electron chi connectivity index (χ1n) is 6.08. The van der Waals surface area contributed by atoms with Crippen LogP contribution in [0.4, 0.5) is 0 Å². The Kier molecular flexibility index (Phi) is 3.57. The molecular formula is C14H21NO2. The zero-order valence-corrected chi connectivity index (χ0v) is 10.9. The molecule has 1 aliphatic rings. The van der Waals surface area contributed by atoms with Crippen molar-refractivity contribution >= 4 is 0 Å². The molecule has 1 aromatic carbocycles. The fourth-order valence-corrected chi connectivity index (χ4v) is 2.39. The Balaban J connectivity index is 2.11. The molecular weight excluding hydrogens is 214 g/mol. The van der Waals surface area contributed by atoms with Crippen LogP contribution in [0.3, 0.4) is 0 Å². The van der Waals surface area contributed by atoms with Crippen LogP contribution in [0.5, 0.6) is 11.5 Å². The fourth-order valence-electron chi connectivity index (χ4n) is 2.39. The third kappa shape index (κ3) is 2.72. The molecule has 1 N–H and O–H groups in total. The lowest BCUT2D eigenvalue weighted by Crippen LogP contribution is -2.21. The monoisotopic (exact) mass is 235 g/mol. The molecule has 0 amide bonds. The molecule has 0 atom stereocenters. The van der Waals surface area contributed by atoms with E-state index in [4.69, 9.17) is 9.47 Å². The molecule has 0 radical (unpaired) electrons. The average Bonchev–Trinajstić information content (AvgIpc) is 3.09. The first-order valence-corrected chi connectivity index (χ1v) is 6.08. The second kappa shape index (κ2) is 4.96. The van der Waals surface area contributed by atoms with Crippen molar-refractivity contribution in [3.05, 3.63) is 23.8 Å². The summed E-state index contributed by atoms with van der Waals surface area (Å²) in [4.78, 5) is 0. The van der Waals surface area contributed by atoms with Gasteiger partial charge in [-0.3, -0.25) is 0 Å². The molecule has 17 heavy (non-hydrogen) atoms. The van der Waals surface area contributed by atoms with Crippen molar-refractivity contribution in [2.45, 2.75) is 19.3 Å². The van der Waals surface area contributed by atoms with Crippen LogP contribution in [0.2, 0.25) is 0 Å². The standard InChI is InChI=1S/C14H21NO2/c1-15-10-14(6-7-14)9-11-4-5-12(16-2)13(8-11)17-3/h4-5,8,15H,6-7,9-10H2,1-3H3. The van der Waals surface area contributed by atoms with E-state index < -0.39 is 0 Å². The maximum Gasteiger partial charge on any atom is 0.160 e. The summed E-state index contributed by atoms with van der Waals surface area (Å²) in [6, 6.07) is 6.22. The van der Waals surface area contributed by atoms with Crippen LogP contribution in [0.25, 0.3) is 0 Å². The number of ether oxygens (including phenoxy) is 2. The van der Waals surface area contributed by atoms with Gasteiger partial charge in [-0.2, -0.15) is 0 Å². The lowest BCUT2D eigenvalue weighted by molar-refractivity contribution is 0.354. The van der Waals surface area contributed by atoms with Crippen LogP contribution in [0, 0.1) is 5.41 Å². The number of rotatable bonds is 6. The largest absolute Gasteiger partial charge is 0.493 e. The van der Waals surface area contributed by atoms with E-state index in [9.17, 15) is 0 Å². The summed E-state index contributed by atoms with van der Waals surface area (Å²) in [5.41, 5.74) is 1.81.